The highest BCUT2D eigenvalue weighted by molar-refractivity contribution is 9.10. The van der Waals surface area contributed by atoms with Gasteiger partial charge in [-0.1, -0.05) is 28.1 Å². The number of hydrogen-bond acceptors (Lipinski definition) is 2. The van der Waals surface area contributed by atoms with E-state index in [0.717, 1.165) is 26.9 Å². The minimum atomic E-state index is 0.123. The Labute approximate surface area is 121 Å². The molecule has 0 heterocycles. The van der Waals surface area contributed by atoms with Crippen LogP contribution >= 0.6 is 15.9 Å². The average Bonchev–Trinajstić information content (AvgIpc) is 2.38. The number of aryl methyl sites for hydroxylation is 1. The normalized spacial score (nSPS) is 10.3. The van der Waals surface area contributed by atoms with Crippen molar-refractivity contribution in [3.05, 3.63) is 63.6 Å². The molecule has 0 bridgehead atoms. The number of halogens is 1. The first-order valence-electron chi connectivity index (χ1n) is 6.02. The molecule has 2 rings (SSSR count). The number of carbonyl (C=O) groups excluding carboxylic acids is 1. The monoisotopic (exact) mass is 318 g/mol. The molecule has 0 unspecified atom stereocenters. The molecule has 0 atom stereocenters. The maximum atomic E-state index is 12.3. The molecule has 0 amide bonds. The van der Waals surface area contributed by atoms with E-state index in [4.69, 9.17) is 4.74 Å². The van der Waals surface area contributed by atoms with Gasteiger partial charge in [0.15, 0.2) is 5.78 Å². The van der Waals surface area contributed by atoms with Gasteiger partial charge in [-0.15, -0.1) is 0 Å². The lowest BCUT2D eigenvalue weighted by Gasteiger charge is -2.07. The largest absolute Gasteiger partial charge is 0.497 e. The van der Waals surface area contributed by atoms with Crippen LogP contribution in [0.4, 0.5) is 0 Å². The summed E-state index contributed by atoms with van der Waals surface area (Å²) < 4.78 is 6.14. The van der Waals surface area contributed by atoms with Gasteiger partial charge < -0.3 is 4.74 Å². The second-order valence-electron chi connectivity index (χ2n) is 4.41. The van der Waals surface area contributed by atoms with Crippen LogP contribution in [0.5, 0.6) is 5.75 Å². The maximum Gasteiger partial charge on any atom is 0.167 e. The van der Waals surface area contributed by atoms with Crippen molar-refractivity contribution in [1.29, 1.82) is 0 Å². The summed E-state index contributed by atoms with van der Waals surface area (Å²) >= 11 is 3.41. The number of benzene rings is 2. The molecule has 0 spiro atoms. The van der Waals surface area contributed by atoms with E-state index in [9.17, 15) is 4.79 Å². The molecule has 0 radical (unpaired) electrons. The molecule has 0 N–H and O–H groups in total. The molecule has 0 aromatic heterocycles. The lowest BCUT2D eigenvalue weighted by Crippen LogP contribution is -2.05. The lowest BCUT2D eigenvalue weighted by atomic mass is 9.99. The summed E-state index contributed by atoms with van der Waals surface area (Å²) in [6.07, 6.45) is 0.409. The number of Topliss-reactive ketones (excluding diaryl/α,β-unsaturated/α-hetero) is 1. The third-order valence-corrected chi connectivity index (χ3v) is 3.48. The predicted molar refractivity (Wildman–Crippen MR) is 79.9 cm³/mol. The van der Waals surface area contributed by atoms with E-state index in [2.05, 4.69) is 15.9 Å². The fourth-order valence-corrected chi connectivity index (χ4v) is 2.45. The number of hydrogen-bond donors (Lipinski definition) is 0. The van der Waals surface area contributed by atoms with Crippen LogP contribution in [0.25, 0.3) is 0 Å². The van der Waals surface area contributed by atoms with E-state index < -0.39 is 0 Å². The van der Waals surface area contributed by atoms with Crippen molar-refractivity contribution in [2.45, 2.75) is 13.3 Å². The molecule has 2 aromatic carbocycles. The molecule has 0 saturated carbocycles. The Kier molecular flexibility index (Phi) is 4.38. The Hall–Kier alpha value is -1.61. The highest BCUT2D eigenvalue weighted by Gasteiger charge is 2.10. The molecule has 2 nitrogen and oxygen atoms in total. The first-order valence-corrected chi connectivity index (χ1v) is 6.81. The van der Waals surface area contributed by atoms with Crippen LogP contribution in [0.3, 0.4) is 0 Å². The van der Waals surface area contributed by atoms with Gasteiger partial charge >= 0.3 is 0 Å². The third kappa shape index (κ3) is 3.44. The molecule has 0 aliphatic rings. The van der Waals surface area contributed by atoms with Crippen molar-refractivity contribution >= 4 is 21.7 Å². The SMILES string of the molecule is COc1ccc(C(=O)Cc2cccc(Br)c2)c(C)c1. The second kappa shape index (κ2) is 6.02. The number of carbonyl (C=O) groups is 1. The topological polar surface area (TPSA) is 26.3 Å². The van der Waals surface area contributed by atoms with Gasteiger partial charge in [0.1, 0.15) is 5.75 Å². The Morgan fingerprint density at radius 2 is 2.00 bits per heavy atom. The Morgan fingerprint density at radius 3 is 2.63 bits per heavy atom. The van der Waals surface area contributed by atoms with E-state index in [-0.39, 0.29) is 5.78 Å². The third-order valence-electron chi connectivity index (χ3n) is 2.99. The summed E-state index contributed by atoms with van der Waals surface area (Å²) in [5.74, 6) is 0.898. The minimum absolute atomic E-state index is 0.123. The number of rotatable bonds is 4. The molecular weight excluding hydrogens is 304 g/mol. The Balaban J connectivity index is 2.20. The van der Waals surface area contributed by atoms with Crippen molar-refractivity contribution < 1.29 is 9.53 Å². The zero-order valence-corrected chi connectivity index (χ0v) is 12.5. The summed E-state index contributed by atoms with van der Waals surface area (Å²) in [7, 11) is 1.62. The van der Waals surface area contributed by atoms with Crippen molar-refractivity contribution in [2.24, 2.45) is 0 Å². The second-order valence-corrected chi connectivity index (χ2v) is 5.33. The van der Waals surface area contributed by atoms with Gasteiger partial charge in [0.25, 0.3) is 0 Å². The van der Waals surface area contributed by atoms with E-state index in [0.29, 0.717) is 6.42 Å². The van der Waals surface area contributed by atoms with Crippen LogP contribution in [-0.2, 0) is 6.42 Å². The molecular formula is C16H15BrO2. The van der Waals surface area contributed by atoms with Crippen LogP contribution in [0.1, 0.15) is 21.5 Å². The predicted octanol–water partition coefficient (Wildman–Crippen LogP) is 4.19. The van der Waals surface area contributed by atoms with Crippen LogP contribution < -0.4 is 4.74 Å². The Bertz CT molecular complexity index is 605. The van der Waals surface area contributed by atoms with Crippen LogP contribution in [0.15, 0.2) is 46.9 Å². The van der Waals surface area contributed by atoms with Gasteiger partial charge in [-0.3, -0.25) is 4.79 Å². The first kappa shape index (κ1) is 13.8. The van der Waals surface area contributed by atoms with E-state index in [1.807, 2.05) is 49.4 Å². The molecule has 2 aromatic rings. The zero-order chi connectivity index (χ0) is 13.8. The smallest absolute Gasteiger partial charge is 0.167 e. The van der Waals surface area contributed by atoms with Gasteiger partial charge in [0, 0.05) is 16.5 Å². The van der Waals surface area contributed by atoms with Crippen molar-refractivity contribution in [1.82, 2.24) is 0 Å². The quantitative estimate of drug-likeness (QED) is 0.790. The fraction of sp³-hybridized carbons (Fsp3) is 0.188. The fourth-order valence-electron chi connectivity index (χ4n) is 2.00. The number of ether oxygens (including phenoxy) is 1. The molecule has 19 heavy (non-hydrogen) atoms. The molecule has 0 aliphatic heterocycles. The summed E-state index contributed by atoms with van der Waals surface area (Å²) in [6.45, 7) is 1.93. The summed E-state index contributed by atoms with van der Waals surface area (Å²) in [4.78, 5) is 12.3. The molecule has 3 heteroatoms. The van der Waals surface area contributed by atoms with Crippen molar-refractivity contribution in [3.8, 4) is 5.75 Å². The summed E-state index contributed by atoms with van der Waals surface area (Å²) in [5.41, 5.74) is 2.70. The molecule has 0 fully saturated rings. The van der Waals surface area contributed by atoms with Crippen molar-refractivity contribution in [2.75, 3.05) is 7.11 Å². The van der Waals surface area contributed by atoms with Gasteiger partial charge in [-0.2, -0.15) is 0 Å². The van der Waals surface area contributed by atoms with Gasteiger partial charge in [0.05, 0.1) is 7.11 Å². The van der Waals surface area contributed by atoms with Crippen LogP contribution in [-0.4, -0.2) is 12.9 Å². The lowest BCUT2D eigenvalue weighted by molar-refractivity contribution is 0.0992. The standard InChI is InChI=1S/C16H15BrO2/c1-11-8-14(19-2)6-7-15(11)16(18)10-12-4-3-5-13(17)9-12/h3-9H,10H2,1-2H3. The highest BCUT2D eigenvalue weighted by Crippen LogP contribution is 2.19. The van der Waals surface area contributed by atoms with Gasteiger partial charge in [0.2, 0.25) is 0 Å². The zero-order valence-electron chi connectivity index (χ0n) is 10.9. The number of ketones is 1. The van der Waals surface area contributed by atoms with E-state index in [1.54, 1.807) is 7.11 Å². The summed E-state index contributed by atoms with van der Waals surface area (Å²) in [5, 5.41) is 0. The number of methoxy groups -OCH3 is 1. The minimum Gasteiger partial charge on any atom is -0.497 e. The molecule has 98 valence electrons. The van der Waals surface area contributed by atoms with E-state index >= 15 is 0 Å². The van der Waals surface area contributed by atoms with Crippen LogP contribution in [0, 0.1) is 6.92 Å². The molecule has 0 saturated heterocycles. The average molecular weight is 319 g/mol. The molecule has 0 aliphatic carbocycles. The van der Waals surface area contributed by atoms with Gasteiger partial charge in [-0.05, 0) is 48.4 Å². The Morgan fingerprint density at radius 1 is 1.21 bits per heavy atom. The maximum absolute atomic E-state index is 12.3. The van der Waals surface area contributed by atoms with E-state index in [1.165, 1.54) is 0 Å². The van der Waals surface area contributed by atoms with Crippen LogP contribution in [0.2, 0.25) is 0 Å². The summed E-state index contributed by atoms with van der Waals surface area (Å²) in [6, 6.07) is 13.3. The highest BCUT2D eigenvalue weighted by atomic mass is 79.9. The first-order chi connectivity index (χ1) is 9.10. The van der Waals surface area contributed by atoms with Crippen molar-refractivity contribution in [3.63, 3.8) is 0 Å². The van der Waals surface area contributed by atoms with Gasteiger partial charge in [-0.25, -0.2) is 0 Å².